The molecule has 7 atom stereocenters. The topological polar surface area (TPSA) is 195 Å². The van der Waals surface area contributed by atoms with Crippen LogP contribution in [0.5, 0.6) is 5.75 Å². The average molecular weight is 810 g/mol. The van der Waals surface area contributed by atoms with E-state index in [9.17, 15) is 29.6 Å². The molecule has 0 aromatic heterocycles. The number of carbonyl (C=O) groups excluding carboxylic acids is 3. The van der Waals surface area contributed by atoms with Crippen LogP contribution in [0.1, 0.15) is 57.6 Å². The largest absolute Gasteiger partial charge is 0.495 e. The molecule has 5 aliphatic heterocycles. The highest BCUT2D eigenvalue weighted by Gasteiger charge is 2.75. The van der Waals surface area contributed by atoms with E-state index in [-0.39, 0.29) is 35.7 Å². The summed E-state index contributed by atoms with van der Waals surface area (Å²) in [6.07, 6.45) is 1.80. The van der Waals surface area contributed by atoms with Gasteiger partial charge in [-0.2, -0.15) is 0 Å². The van der Waals surface area contributed by atoms with Crippen LogP contribution >= 0.6 is 11.6 Å². The summed E-state index contributed by atoms with van der Waals surface area (Å²) in [7, 11) is 4.46. The van der Waals surface area contributed by atoms with Crippen molar-refractivity contribution in [2.45, 2.75) is 94.5 Å². The van der Waals surface area contributed by atoms with Gasteiger partial charge >= 0.3 is 12.2 Å². The van der Waals surface area contributed by atoms with E-state index in [0.717, 1.165) is 24.0 Å². The van der Waals surface area contributed by atoms with Crippen LogP contribution < -0.4 is 25.2 Å². The van der Waals surface area contributed by atoms with Gasteiger partial charge in [0.25, 0.3) is 5.69 Å². The van der Waals surface area contributed by atoms with Crippen molar-refractivity contribution >= 4 is 52.4 Å². The Morgan fingerprint density at radius 2 is 1.81 bits per heavy atom. The number of nitro groups is 1. The first kappa shape index (κ1) is 40.3. The quantitative estimate of drug-likeness (QED) is 0.191. The molecule has 2 aromatic rings. The maximum atomic E-state index is 14.3. The number of nitrogens with one attached hydrogen (secondary N) is 2. The number of fused-ring (bicyclic) bond motifs is 5. The third-order valence-electron chi connectivity index (χ3n) is 12.2. The first-order chi connectivity index (χ1) is 27.0. The molecule has 7 rings (SSSR count). The molecule has 57 heavy (non-hydrogen) atoms. The van der Waals surface area contributed by atoms with E-state index in [1.54, 1.807) is 51.2 Å². The van der Waals surface area contributed by atoms with Crippen LogP contribution in [0.3, 0.4) is 0 Å². The van der Waals surface area contributed by atoms with Gasteiger partial charge in [-0.25, -0.2) is 9.59 Å². The van der Waals surface area contributed by atoms with Crippen molar-refractivity contribution in [3.05, 3.63) is 74.3 Å². The number of alkyl carbamates (subject to hydrolysis) is 1. The van der Waals surface area contributed by atoms with Crippen LogP contribution in [0.2, 0.25) is 5.02 Å². The molecule has 3 fully saturated rings. The van der Waals surface area contributed by atoms with E-state index < -0.39 is 64.2 Å². The highest BCUT2D eigenvalue weighted by Crippen LogP contribution is 2.61. The lowest BCUT2D eigenvalue weighted by Crippen LogP contribution is -2.64. The third-order valence-corrected chi connectivity index (χ3v) is 12.6. The molecule has 5 heterocycles. The van der Waals surface area contributed by atoms with E-state index in [1.807, 2.05) is 17.9 Å². The molecule has 0 unspecified atom stereocenters. The number of hydrogen-bond donors (Lipinski definition) is 3. The second-order valence-corrected chi connectivity index (χ2v) is 16.1. The molecule has 0 aliphatic carbocycles. The fraction of sp³-hybridized carbons (Fsp3) is 0.525. The van der Waals surface area contributed by atoms with Gasteiger partial charge in [0.05, 0.1) is 24.1 Å². The molecule has 17 heteroatoms. The molecule has 5 aliphatic rings. The van der Waals surface area contributed by atoms with Crippen LogP contribution in [0.15, 0.2) is 48.1 Å². The molecule has 16 nitrogen and oxygen atoms in total. The minimum absolute atomic E-state index is 0.0199. The number of hydrogen-bond acceptors (Lipinski definition) is 12. The van der Waals surface area contributed by atoms with Crippen LogP contribution in [-0.4, -0.2) is 97.7 Å². The normalized spacial score (nSPS) is 33.1. The summed E-state index contributed by atoms with van der Waals surface area (Å²) >= 11 is 6.80. The predicted octanol–water partition coefficient (Wildman–Crippen LogP) is 5.81. The fourth-order valence-electron chi connectivity index (χ4n) is 8.96. The van der Waals surface area contributed by atoms with Crippen LogP contribution in [0.25, 0.3) is 0 Å². The van der Waals surface area contributed by atoms with E-state index in [1.165, 1.54) is 25.2 Å². The van der Waals surface area contributed by atoms with Crippen molar-refractivity contribution in [1.29, 1.82) is 0 Å². The number of epoxide rings is 1. The number of allylic oxidation sites excluding steroid dienone is 3. The predicted molar refractivity (Wildman–Crippen MR) is 210 cm³/mol. The zero-order valence-corrected chi connectivity index (χ0v) is 33.5. The van der Waals surface area contributed by atoms with Crippen molar-refractivity contribution in [3.8, 4) is 5.75 Å². The summed E-state index contributed by atoms with van der Waals surface area (Å²) < 4.78 is 30.0. The molecule has 3 N–H and O–H groups in total. The third kappa shape index (κ3) is 7.28. The van der Waals surface area contributed by atoms with Gasteiger partial charge in [0.1, 0.15) is 46.0 Å². The summed E-state index contributed by atoms with van der Waals surface area (Å²) in [6, 6.07) is 6.59. The van der Waals surface area contributed by atoms with Crippen molar-refractivity contribution < 1.29 is 48.1 Å². The van der Waals surface area contributed by atoms with E-state index in [0.29, 0.717) is 42.2 Å². The Morgan fingerprint density at radius 1 is 1.07 bits per heavy atom. The molecule has 6 bridgehead atoms. The lowest BCUT2D eigenvalue weighted by atomic mass is 9.72. The number of anilines is 3. The zero-order chi connectivity index (χ0) is 41.0. The van der Waals surface area contributed by atoms with Crippen molar-refractivity contribution in [3.63, 3.8) is 0 Å². The first-order valence-corrected chi connectivity index (χ1v) is 19.3. The smallest absolute Gasteiger partial charge is 0.412 e. The number of benzene rings is 2. The highest BCUT2D eigenvalue weighted by molar-refractivity contribution is 6.35. The van der Waals surface area contributed by atoms with Gasteiger partial charge in [-0.1, -0.05) is 42.3 Å². The number of carbonyl (C=O) groups is 3. The minimum Gasteiger partial charge on any atom is -0.495 e. The fourth-order valence-corrected chi connectivity index (χ4v) is 9.27. The number of halogens is 1. The summed E-state index contributed by atoms with van der Waals surface area (Å²) in [5.74, 6) is -0.862. The molecule has 3 amide bonds. The lowest BCUT2D eigenvalue weighted by Gasteiger charge is -2.43. The van der Waals surface area contributed by atoms with Crippen molar-refractivity contribution in [1.82, 2.24) is 5.32 Å². The summed E-state index contributed by atoms with van der Waals surface area (Å²) in [5.41, 5.74) is -1.76. The monoisotopic (exact) mass is 809 g/mol. The highest BCUT2D eigenvalue weighted by atomic mass is 35.5. The SMILES string of the molecule is COc1cc2cc(c1Cl)N(C)C(=O)C[C@@H]1OC(=O)Nc3cc(N4CCCC4)c([N+](=O)[O-])cc3C[C@]3(O[C@@]13C)[C@H](C)[C@@H]1C[C@@](O)(NC(=O)O1)[C@H](OC)/C=C/C=C(\C)C2. The van der Waals surface area contributed by atoms with Gasteiger partial charge in [0, 0.05) is 57.8 Å². The molecule has 0 saturated carbocycles. The number of ether oxygens (including phenoxy) is 5. The zero-order valence-electron chi connectivity index (χ0n) is 32.8. The molecule has 0 spiro atoms. The standard InChI is InChI=1S/C40H48ClN5O11/c1-22-10-9-11-32(54-6)40(50)21-31(55-37(49)43-40)23(2)39-20-25-17-28(46(51)52)27(45-12-7-8-13-45)18-26(25)42-36(48)56-33(38(39,3)57-39)19-34(47)44(4)29-15-24(14-22)16-30(53-5)35(29)41/h9-11,15-18,23,31-33,50H,7-8,12-14,19-21H2,1-6H3,(H,42,48)(H,43,49)/b11-9+,22-10+/t23-,31+,32-,33+,38+,39+,40+/m1/s1. The average Bonchev–Trinajstić information content (AvgIpc) is 3.45. The van der Waals surface area contributed by atoms with Crippen molar-refractivity contribution in [2.24, 2.45) is 5.92 Å². The molecule has 0 radical (unpaired) electrons. The first-order valence-electron chi connectivity index (χ1n) is 19.0. The van der Waals surface area contributed by atoms with E-state index >= 15 is 0 Å². The van der Waals surface area contributed by atoms with Gasteiger partial charge in [-0.3, -0.25) is 25.5 Å². The Balaban J connectivity index is 1.38. The maximum absolute atomic E-state index is 14.3. The van der Waals surface area contributed by atoms with Gasteiger partial charge in [0.15, 0.2) is 5.72 Å². The summed E-state index contributed by atoms with van der Waals surface area (Å²) in [5, 5.41) is 30.2. The summed E-state index contributed by atoms with van der Waals surface area (Å²) in [6.45, 7) is 6.62. The molecule has 2 aromatic carbocycles. The molecular weight excluding hydrogens is 762 g/mol. The second kappa shape index (κ2) is 15.1. The molecular formula is C40H48ClN5O11. The second-order valence-electron chi connectivity index (χ2n) is 15.7. The van der Waals surface area contributed by atoms with Crippen LogP contribution in [0.4, 0.5) is 32.3 Å². The Bertz CT molecular complexity index is 2060. The van der Waals surface area contributed by atoms with E-state index in [2.05, 4.69) is 10.6 Å². The number of amides is 3. The Morgan fingerprint density at radius 3 is 2.49 bits per heavy atom. The number of rotatable bonds is 4. The number of methoxy groups -OCH3 is 2. The van der Waals surface area contributed by atoms with E-state index in [4.69, 9.17) is 35.3 Å². The summed E-state index contributed by atoms with van der Waals surface area (Å²) in [4.78, 5) is 56.9. The minimum atomic E-state index is -1.93. The molecule has 3 saturated heterocycles. The number of aliphatic hydroxyl groups is 1. The Labute approximate surface area is 335 Å². The van der Waals surface area contributed by atoms with Gasteiger partial charge < -0.3 is 38.6 Å². The van der Waals surface area contributed by atoms with Gasteiger partial charge in [-0.15, -0.1) is 0 Å². The van der Waals surface area contributed by atoms with Crippen molar-refractivity contribution in [2.75, 3.05) is 49.5 Å². The van der Waals surface area contributed by atoms with Crippen LogP contribution in [-0.2, 0) is 36.6 Å². The van der Waals surface area contributed by atoms with Crippen LogP contribution in [0, 0.1) is 16.0 Å². The Hall–Kier alpha value is -4.90. The van der Waals surface area contributed by atoms with Gasteiger partial charge in [-0.05, 0) is 62.4 Å². The Kier molecular flexibility index (Phi) is 10.7. The number of nitrogens with zero attached hydrogens (tertiary/aromatic N) is 3. The molecule has 306 valence electrons. The maximum Gasteiger partial charge on any atom is 0.412 e. The van der Waals surface area contributed by atoms with Gasteiger partial charge in [0.2, 0.25) is 5.91 Å². The number of nitro benzene ring substituents is 1. The lowest BCUT2D eigenvalue weighted by molar-refractivity contribution is -0.384.